The Balaban J connectivity index is 2.10. The van der Waals surface area contributed by atoms with E-state index in [0.29, 0.717) is 5.69 Å². The number of hydrogen-bond donors (Lipinski definition) is 2. The predicted molar refractivity (Wildman–Crippen MR) is 88.3 cm³/mol. The van der Waals surface area contributed by atoms with Gasteiger partial charge in [-0.15, -0.1) is 11.3 Å². The zero-order valence-electron chi connectivity index (χ0n) is 12.7. The van der Waals surface area contributed by atoms with E-state index in [1.54, 1.807) is 0 Å². The third-order valence-corrected chi connectivity index (χ3v) is 4.21. The first kappa shape index (κ1) is 15.4. The number of rotatable bonds is 4. The molecule has 0 bridgehead atoms. The second-order valence-corrected chi connectivity index (χ2v) is 6.39. The molecule has 0 radical (unpaired) electrons. The average molecular weight is 304 g/mol. The van der Waals surface area contributed by atoms with Gasteiger partial charge < -0.3 is 10.1 Å². The van der Waals surface area contributed by atoms with Gasteiger partial charge in [0.05, 0.1) is 7.11 Å². The molecule has 0 fully saturated rings. The number of carbonyl (C=O) groups excluding carboxylic acids is 1. The molecular formula is C16H20N2O2S. The summed E-state index contributed by atoms with van der Waals surface area (Å²) >= 11 is 1.81. The van der Waals surface area contributed by atoms with Crippen LogP contribution in [0.4, 0.5) is 16.2 Å². The van der Waals surface area contributed by atoms with E-state index in [1.807, 2.05) is 35.6 Å². The van der Waals surface area contributed by atoms with Crippen molar-refractivity contribution in [1.29, 1.82) is 0 Å². The fraction of sp³-hybridized carbons (Fsp3) is 0.312. The van der Waals surface area contributed by atoms with Crippen molar-refractivity contribution in [3.63, 3.8) is 0 Å². The van der Waals surface area contributed by atoms with Crippen LogP contribution in [0.5, 0.6) is 0 Å². The third kappa shape index (κ3) is 3.98. The van der Waals surface area contributed by atoms with Crippen LogP contribution in [-0.2, 0) is 4.74 Å². The number of aryl methyl sites for hydroxylation is 2. The van der Waals surface area contributed by atoms with E-state index >= 15 is 0 Å². The van der Waals surface area contributed by atoms with Crippen molar-refractivity contribution < 1.29 is 9.53 Å². The van der Waals surface area contributed by atoms with Crippen molar-refractivity contribution >= 4 is 28.8 Å². The van der Waals surface area contributed by atoms with Gasteiger partial charge in [-0.05, 0) is 50.6 Å². The Morgan fingerprint density at radius 1 is 1.24 bits per heavy atom. The fourth-order valence-corrected chi connectivity index (χ4v) is 3.29. The summed E-state index contributed by atoms with van der Waals surface area (Å²) in [4.78, 5) is 13.9. The molecule has 21 heavy (non-hydrogen) atoms. The molecule has 0 saturated carbocycles. The van der Waals surface area contributed by atoms with Gasteiger partial charge in [-0.25, -0.2) is 4.79 Å². The Morgan fingerprint density at radius 3 is 2.57 bits per heavy atom. The molecule has 0 aliphatic rings. The summed E-state index contributed by atoms with van der Waals surface area (Å²) < 4.78 is 4.59. The standard InChI is InChI=1S/C16H20N2O2S/c1-10-8-15(12(3)21-10)11(2)17-13-6-5-7-14(9-13)18-16(19)20-4/h5-9,11,17H,1-4H3,(H,18,19). The highest BCUT2D eigenvalue weighted by molar-refractivity contribution is 7.12. The number of nitrogens with one attached hydrogen (secondary N) is 2. The van der Waals surface area contributed by atoms with Crippen LogP contribution in [0.25, 0.3) is 0 Å². The first-order valence-electron chi connectivity index (χ1n) is 6.78. The van der Waals surface area contributed by atoms with Crippen LogP contribution < -0.4 is 10.6 Å². The van der Waals surface area contributed by atoms with Gasteiger partial charge in [0.25, 0.3) is 0 Å². The van der Waals surface area contributed by atoms with E-state index in [9.17, 15) is 4.79 Å². The van der Waals surface area contributed by atoms with Crippen LogP contribution >= 0.6 is 11.3 Å². The molecule has 0 aliphatic carbocycles. The Labute approximate surface area is 129 Å². The summed E-state index contributed by atoms with van der Waals surface area (Å²) in [6.45, 7) is 6.39. The highest BCUT2D eigenvalue weighted by Gasteiger charge is 2.11. The predicted octanol–water partition coefficient (Wildman–Crippen LogP) is 4.72. The zero-order valence-corrected chi connectivity index (χ0v) is 13.5. The van der Waals surface area contributed by atoms with E-state index in [4.69, 9.17) is 0 Å². The molecular weight excluding hydrogens is 284 g/mol. The highest BCUT2D eigenvalue weighted by atomic mass is 32.1. The molecule has 2 N–H and O–H groups in total. The Bertz CT molecular complexity index is 637. The second-order valence-electron chi connectivity index (χ2n) is 4.93. The van der Waals surface area contributed by atoms with Crippen LogP contribution in [0, 0.1) is 13.8 Å². The van der Waals surface area contributed by atoms with E-state index in [-0.39, 0.29) is 6.04 Å². The van der Waals surface area contributed by atoms with Gasteiger partial charge >= 0.3 is 6.09 Å². The van der Waals surface area contributed by atoms with Crippen LogP contribution in [0.1, 0.15) is 28.3 Å². The van der Waals surface area contributed by atoms with Gasteiger partial charge in [-0.2, -0.15) is 0 Å². The number of hydrogen-bond acceptors (Lipinski definition) is 4. The van der Waals surface area contributed by atoms with Crippen LogP contribution in [0.3, 0.4) is 0 Å². The van der Waals surface area contributed by atoms with Crippen molar-refractivity contribution in [2.24, 2.45) is 0 Å². The molecule has 0 spiro atoms. The Morgan fingerprint density at radius 2 is 1.95 bits per heavy atom. The quantitative estimate of drug-likeness (QED) is 0.859. The number of methoxy groups -OCH3 is 1. The van der Waals surface area contributed by atoms with Crippen LogP contribution in [-0.4, -0.2) is 13.2 Å². The Kier molecular flexibility index (Phi) is 4.85. The Hall–Kier alpha value is -2.01. The molecule has 1 aromatic heterocycles. The highest BCUT2D eigenvalue weighted by Crippen LogP contribution is 2.29. The SMILES string of the molecule is COC(=O)Nc1cccc(NC(C)c2cc(C)sc2C)c1. The van der Waals surface area contributed by atoms with E-state index in [0.717, 1.165) is 5.69 Å². The molecule has 0 aliphatic heterocycles. The van der Waals surface area contributed by atoms with Gasteiger partial charge in [0, 0.05) is 27.2 Å². The molecule has 4 nitrogen and oxygen atoms in total. The smallest absolute Gasteiger partial charge is 0.411 e. The number of benzene rings is 1. The van der Waals surface area contributed by atoms with E-state index < -0.39 is 6.09 Å². The lowest BCUT2D eigenvalue weighted by Crippen LogP contribution is -2.11. The van der Waals surface area contributed by atoms with Gasteiger partial charge in [0.15, 0.2) is 0 Å². The topological polar surface area (TPSA) is 50.4 Å². The third-order valence-electron chi connectivity index (χ3n) is 3.22. The molecule has 2 rings (SSSR count). The number of thiophene rings is 1. The van der Waals surface area contributed by atoms with Crippen molar-refractivity contribution in [1.82, 2.24) is 0 Å². The second kappa shape index (κ2) is 6.63. The van der Waals surface area contributed by atoms with Crippen molar-refractivity contribution in [3.8, 4) is 0 Å². The number of anilines is 2. The summed E-state index contributed by atoms with van der Waals surface area (Å²) in [7, 11) is 1.35. The van der Waals surface area contributed by atoms with Gasteiger partial charge in [-0.1, -0.05) is 6.07 Å². The minimum atomic E-state index is -0.468. The number of ether oxygens (including phenoxy) is 1. The van der Waals surface area contributed by atoms with Gasteiger partial charge in [0.2, 0.25) is 0 Å². The normalized spacial score (nSPS) is 11.8. The molecule has 0 saturated heterocycles. The summed E-state index contributed by atoms with van der Waals surface area (Å²) in [5.74, 6) is 0. The van der Waals surface area contributed by atoms with Crippen LogP contribution in [0.2, 0.25) is 0 Å². The maximum atomic E-state index is 11.2. The lowest BCUT2D eigenvalue weighted by molar-refractivity contribution is 0.187. The summed E-state index contributed by atoms with van der Waals surface area (Å²) in [5, 5.41) is 6.12. The average Bonchev–Trinajstić information content (AvgIpc) is 2.78. The summed E-state index contributed by atoms with van der Waals surface area (Å²) in [5.41, 5.74) is 2.97. The van der Waals surface area contributed by atoms with Crippen molar-refractivity contribution in [3.05, 3.63) is 45.6 Å². The largest absolute Gasteiger partial charge is 0.453 e. The monoisotopic (exact) mass is 304 g/mol. The van der Waals surface area contributed by atoms with Gasteiger partial charge in [0.1, 0.15) is 0 Å². The number of carbonyl (C=O) groups is 1. The lowest BCUT2D eigenvalue weighted by atomic mass is 10.1. The van der Waals surface area contributed by atoms with E-state index in [2.05, 4.69) is 42.2 Å². The van der Waals surface area contributed by atoms with Crippen LogP contribution in [0.15, 0.2) is 30.3 Å². The zero-order chi connectivity index (χ0) is 15.4. The van der Waals surface area contributed by atoms with Gasteiger partial charge in [-0.3, -0.25) is 5.32 Å². The number of amides is 1. The molecule has 1 atom stereocenters. The molecule has 1 unspecified atom stereocenters. The minimum absolute atomic E-state index is 0.211. The maximum absolute atomic E-state index is 11.2. The molecule has 1 amide bonds. The molecule has 1 heterocycles. The van der Waals surface area contributed by atoms with Crippen molar-refractivity contribution in [2.75, 3.05) is 17.7 Å². The first-order valence-corrected chi connectivity index (χ1v) is 7.59. The molecule has 5 heteroatoms. The minimum Gasteiger partial charge on any atom is -0.453 e. The summed E-state index contributed by atoms with van der Waals surface area (Å²) in [6, 6.07) is 10.0. The maximum Gasteiger partial charge on any atom is 0.411 e. The molecule has 1 aromatic carbocycles. The first-order chi connectivity index (χ1) is 9.99. The fourth-order valence-electron chi connectivity index (χ4n) is 2.26. The summed E-state index contributed by atoms with van der Waals surface area (Å²) in [6.07, 6.45) is -0.468. The lowest BCUT2D eigenvalue weighted by Gasteiger charge is -2.16. The molecule has 2 aromatic rings. The van der Waals surface area contributed by atoms with Crippen molar-refractivity contribution in [2.45, 2.75) is 26.8 Å². The van der Waals surface area contributed by atoms with E-state index in [1.165, 1.54) is 22.4 Å². The molecule has 112 valence electrons.